The third-order valence-corrected chi connectivity index (χ3v) is 5.80. The highest BCUT2D eigenvalue weighted by molar-refractivity contribution is 7.92. The molecule has 1 aromatic heterocycles. The molecule has 0 aromatic carbocycles. The van der Waals surface area contributed by atoms with Crippen molar-refractivity contribution in [2.75, 3.05) is 17.6 Å². The summed E-state index contributed by atoms with van der Waals surface area (Å²) < 4.78 is 23.5. The molecule has 6 nitrogen and oxygen atoms in total. The molecule has 20 heavy (non-hydrogen) atoms. The molecule has 0 bridgehead atoms. The standard InChI is InChI=1S/C13H18N2O4S/c1-8-6-11(12(13(16)17)9(2)15-8)14-7-10-4-3-5-20(10,18)19/h6,10H,3-5,7H2,1-2H3,(H,14,15)(H,16,17). The van der Waals surface area contributed by atoms with E-state index in [-0.39, 0.29) is 17.9 Å². The van der Waals surface area contributed by atoms with Crippen LogP contribution in [0, 0.1) is 13.8 Å². The third-order valence-electron chi connectivity index (χ3n) is 3.53. The van der Waals surface area contributed by atoms with Crippen molar-refractivity contribution in [3.05, 3.63) is 23.0 Å². The highest BCUT2D eigenvalue weighted by atomic mass is 32.2. The number of aryl methyl sites for hydroxylation is 2. The number of sulfone groups is 1. The molecule has 1 saturated heterocycles. The van der Waals surface area contributed by atoms with Crippen LogP contribution in [0.15, 0.2) is 6.07 Å². The lowest BCUT2D eigenvalue weighted by Gasteiger charge is -2.15. The number of carboxylic acids is 1. The molecule has 2 N–H and O–H groups in total. The van der Waals surface area contributed by atoms with Gasteiger partial charge in [-0.05, 0) is 32.8 Å². The Kier molecular flexibility index (Phi) is 3.99. The fraction of sp³-hybridized carbons (Fsp3) is 0.538. The van der Waals surface area contributed by atoms with E-state index in [1.165, 1.54) is 0 Å². The molecule has 0 aliphatic carbocycles. The summed E-state index contributed by atoms with van der Waals surface area (Å²) in [5.41, 5.74) is 1.66. The summed E-state index contributed by atoms with van der Waals surface area (Å²) in [5, 5.41) is 11.8. The van der Waals surface area contributed by atoms with Gasteiger partial charge in [0.2, 0.25) is 0 Å². The van der Waals surface area contributed by atoms with Gasteiger partial charge in [-0.2, -0.15) is 0 Å². The van der Waals surface area contributed by atoms with Crippen molar-refractivity contribution in [2.24, 2.45) is 0 Å². The molecule has 7 heteroatoms. The summed E-state index contributed by atoms with van der Waals surface area (Å²) in [6, 6.07) is 1.64. The Morgan fingerprint density at radius 2 is 2.20 bits per heavy atom. The molecule has 2 heterocycles. The molecule has 1 aliphatic rings. The van der Waals surface area contributed by atoms with E-state index in [0.717, 1.165) is 0 Å². The second-order valence-corrected chi connectivity index (χ2v) is 7.49. The third kappa shape index (κ3) is 2.92. The molecule has 0 amide bonds. The minimum absolute atomic E-state index is 0.103. The van der Waals surface area contributed by atoms with Crippen LogP contribution in [0.5, 0.6) is 0 Å². The molecule has 0 saturated carbocycles. The second kappa shape index (κ2) is 5.40. The fourth-order valence-corrected chi connectivity index (χ4v) is 4.31. The molecule has 0 radical (unpaired) electrons. The maximum atomic E-state index is 11.8. The van der Waals surface area contributed by atoms with Gasteiger partial charge in [0.15, 0.2) is 9.84 Å². The molecule has 1 atom stereocenters. The van der Waals surface area contributed by atoms with Crippen molar-refractivity contribution in [3.8, 4) is 0 Å². The van der Waals surface area contributed by atoms with E-state index in [0.29, 0.717) is 29.9 Å². The van der Waals surface area contributed by atoms with E-state index in [2.05, 4.69) is 10.3 Å². The number of carboxylic acid groups (broad SMARTS) is 1. The average molecular weight is 298 g/mol. The maximum Gasteiger partial charge on any atom is 0.339 e. The maximum absolute atomic E-state index is 11.8. The first-order valence-corrected chi connectivity index (χ1v) is 8.20. The predicted octanol–water partition coefficient (Wildman–Crippen LogP) is 1.39. The van der Waals surface area contributed by atoms with Gasteiger partial charge in [-0.25, -0.2) is 13.2 Å². The van der Waals surface area contributed by atoms with Crippen LogP contribution in [-0.2, 0) is 9.84 Å². The number of hydrogen-bond donors (Lipinski definition) is 2. The van der Waals surface area contributed by atoms with Crippen molar-refractivity contribution in [3.63, 3.8) is 0 Å². The molecule has 1 fully saturated rings. The molecule has 1 aliphatic heterocycles. The van der Waals surface area contributed by atoms with Crippen molar-refractivity contribution < 1.29 is 18.3 Å². The zero-order valence-corrected chi connectivity index (χ0v) is 12.3. The number of carbonyl (C=O) groups is 1. The fourth-order valence-electron chi connectivity index (χ4n) is 2.55. The van der Waals surface area contributed by atoms with Crippen LogP contribution in [0.25, 0.3) is 0 Å². The Balaban J connectivity index is 2.23. The minimum Gasteiger partial charge on any atom is -0.478 e. The SMILES string of the molecule is Cc1cc(NCC2CCCS2(=O)=O)c(C(=O)O)c(C)n1. The Morgan fingerprint density at radius 1 is 1.50 bits per heavy atom. The van der Waals surface area contributed by atoms with Gasteiger partial charge in [-0.3, -0.25) is 4.98 Å². The van der Waals surface area contributed by atoms with Gasteiger partial charge < -0.3 is 10.4 Å². The normalized spacial score (nSPS) is 20.8. The summed E-state index contributed by atoms with van der Waals surface area (Å²) in [6.45, 7) is 3.65. The van der Waals surface area contributed by atoms with E-state index in [1.807, 2.05) is 0 Å². The number of nitrogens with one attached hydrogen (secondary N) is 1. The van der Waals surface area contributed by atoms with Crippen LogP contribution in [0.2, 0.25) is 0 Å². The first-order valence-electron chi connectivity index (χ1n) is 6.48. The number of anilines is 1. The van der Waals surface area contributed by atoms with E-state index >= 15 is 0 Å². The Morgan fingerprint density at radius 3 is 2.75 bits per heavy atom. The second-order valence-electron chi connectivity index (χ2n) is 5.09. The van der Waals surface area contributed by atoms with Crippen molar-refractivity contribution >= 4 is 21.5 Å². The summed E-state index contributed by atoms with van der Waals surface area (Å²) in [5.74, 6) is -0.841. The molecule has 0 spiro atoms. The van der Waals surface area contributed by atoms with E-state index in [4.69, 9.17) is 0 Å². The van der Waals surface area contributed by atoms with Gasteiger partial charge in [0, 0.05) is 12.2 Å². The molecular formula is C13H18N2O4S. The van der Waals surface area contributed by atoms with Crippen LogP contribution in [0.3, 0.4) is 0 Å². The smallest absolute Gasteiger partial charge is 0.339 e. The highest BCUT2D eigenvalue weighted by Crippen LogP contribution is 2.23. The van der Waals surface area contributed by atoms with Crippen molar-refractivity contribution in [1.29, 1.82) is 0 Å². The lowest BCUT2D eigenvalue weighted by molar-refractivity contribution is 0.0696. The lowest BCUT2D eigenvalue weighted by Crippen LogP contribution is -2.26. The summed E-state index contributed by atoms with van der Waals surface area (Å²) in [7, 11) is -3.04. The van der Waals surface area contributed by atoms with Crippen molar-refractivity contribution in [1.82, 2.24) is 4.98 Å². The molecule has 1 aromatic rings. The molecule has 1 unspecified atom stereocenters. The number of aromatic nitrogens is 1. The zero-order chi connectivity index (χ0) is 14.9. The number of hydrogen-bond acceptors (Lipinski definition) is 5. The molecule has 2 rings (SSSR count). The number of nitrogens with zero attached hydrogens (tertiary/aromatic N) is 1. The van der Waals surface area contributed by atoms with Gasteiger partial charge in [0.1, 0.15) is 5.56 Å². The van der Waals surface area contributed by atoms with E-state index < -0.39 is 21.1 Å². The zero-order valence-electron chi connectivity index (χ0n) is 11.5. The summed E-state index contributed by atoms with van der Waals surface area (Å²) in [6.07, 6.45) is 1.30. The Bertz CT molecular complexity index is 640. The predicted molar refractivity (Wildman–Crippen MR) is 76.0 cm³/mol. The quantitative estimate of drug-likeness (QED) is 0.872. The van der Waals surface area contributed by atoms with E-state index in [1.54, 1.807) is 19.9 Å². The first-order chi connectivity index (χ1) is 9.31. The largest absolute Gasteiger partial charge is 0.478 e. The molecular weight excluding hydrogens is 280 g/mol. The molecule has 110 valence electrons. The Labute approximate surface area is 118 Å². The first kappa shape index (κ1) is 14.8. The highest BCUT2D eigenvalue weighted by Gasteiger charge is 2.31. The lowest BCUT2D eigenvalue weighted by atomic mass is 10.1. The van der Waals surface area contributed by atoms with Crippen LogP contribution < -0.4 is 5.32 Å². The number of aromatic carboxylic acids is 1. The topological polar surface area (TPSA) is 96.4 Å². The van der Waals surface area contributed by atoms with E-state index in [9.17, 15) is 18.3 Å². The number of rotatable bonds is 4. The van der Waals surface area contributed by atoms with Gasteiger partial charge in [0.05, 0.1) is 22.4 Å². The van der Waals surface area contributed by atoms with Gasteiger partial charge in [0.25, 0.3) is 0 Å². The monoisotopic (exact) mass is 298 g/mol. The van der Waals surface area contributed by atoms with Crippen LogP contribution in [0.1, 0.15) is 34.6 Å². The van der Waals surface area contributed by atoms with Gasteiger partial charge in [-0.1, -0.05) is 0 Å². The van der Waals surface area contributed by atoms with Crippen molar-refractivity contribution in [2.45, 2.75) is 31.9 Å². The Hall–Kier alpha value is -1.63. The van der Waals surface area contributed by atoms with Gasteiger partial charge >= 0.3 is 5.97 Å². The van der Waals surface area contributed by atoms with Crippen LogP contribution in [0.4, 0.5) is 5.69 Å². The summed E-state index contributed by atoms with van der Waals surface area (Å²) in [4.78, 5) is 15.4. The van der Waals surface area contributed by atoms with Crippen LogP contribution >= 0.6 is 0 Å². The van der Waals surface area contributed by atoms with Gasteiger partial charge in [-0.15, -0.1) is 0 Å². The summed E-state index contributed by atoms with van der Waals surface area (Å²) >= 11 is 0. The van der Waals surface area contributed by atoms with Crippen LogP contribution in [-0.4, -0.2) is 42.0 Å². The number of pyridine rings is 1. The minimum atomic E-state index is -3.04. The average Bonchev–Trinajstić information content (AvgIpc) is 2.64.